The van der Waals surface area contributed by atoms with Crippen molar-refractivity contribution in [1.82, 2.24) is 5.32 Å². The van der Waals surface area contributed by atoms with Gasteiger partial charge in [0, 0.05) is 16.6 Å². The maximum absolute atomic E-state index is 10.9. The molecule has 0 aromatic heterocycles. The number of β-amino-alcohol motifs (C(OH)–C–C–N with tert-alkyl or cyclic N) is 1. The number of benzene rings is 1. The summed E-state index contributed by atoms with van der Waals surface area (Å²) in [5.74, 6) is 2.82. The highest BCUT2D eigenvalue weighted by molar-refractivity contribution is 9.10. The average Bonchev–Trinajstić information content (AvgIpc) is 2.45. The Morgan fingerprint density at radius 3 is 2.09 bits per heavy atom. The molecule has 4 aliphatic rings. The molecule has 0 unspecified atom stereocenters. The van der Waals surface area contributed by atoms with E-state index in [0.717, 1.165) is 27.8 Å². The lowest BCUT2D eigenvalue weighted by Crippen LogP contribution is -2.60. The second-order valence-corrected chi connectivity index (χ2v) is 9.25. The topological polar surface area (TPSA) is 32.3 Å². The lowest BCUT2D eigenvalue weighted by molar-refractivity contribution is -0.0358. The van der Waals surface area contributed by atoms with Gasteiger partial charge >= 0.3 is 0 Å². The molecule has 4 fully saturated rings. The van der Waals surface area contributed by atoms with E-state index >= 15 is 0 Å². The van der Waals surface area contributed by atoms with E-state index in [1.54, 1.807) is 0 Å². The van der Waals surface area contributed by atoms with E-state index in [1.165, 1.54) is 38.5 Å². The van der Waals surface area contributed by atoms with Crippen LogP contribution >= 0.6 is 15.9 Å². The zero-order chi connectivity index (χ0) is 15.4. The second-order valence-electron chi connectivity index (χ2n) is 8.33. The third kappa shape index (κ3) is 2.76. The Morgan fingerprint density at radius 2 is 1.59 bits per heavy atom. The highest BCUT2D eigenvalue weighted by atomic mass is 79.9. The molecule has 1 atom stereocenters. The predicted octanol–water partition coefficient (Wildman–Crippen LogP) is 4.22. The second kappa shape index (κ2) is 5.32. The van der Waals surface area contributed by atoms with Crippen LogP contribution in [0.4, 0.5) is 0 Å². The van der Waals surface area contributed by atoms with Crippen molar-refractivity contribution in [2.24, 2.45) is 17.8 Å². The summed E-state index contributed by atoms with van der Waals surface area (Å²) >= 11 is 3.46. The first-order chi connectivity index (χ1) is 10.4. The fourth-order valence-corrected chi connectivity index (χ4v) is 5.86. The quantitative estimate of drug-likeness (QED) is 0.839. The van der Waals surface area contributed by atoms with Crippen molar-refractivity contribution in [3.8, 4) is 0 Å². The van der Waals surface area contributed by atoms with Crippen molar-refractivity contribution in [2.75, 3.05) is 6.54 Å². The molecule has 0 aliphatic heterocycles. The van der Waals surface area contributed by atoms with Gasteiger partial charge in [-0.25, -0.2) is 0 Å². The van der Waals surface area contributed by atoms with Crippen LogP contribution in [0.15, 0.2) is 28.7 Å². The van der Waals surface area contributed by atoms with E-state index in [4.69, 9.17) is 0 Å². The van der Waals surface area contributed by atoms with Crippen molar-refractivity contribution in [3.63, 3.8) is 0 Å². The van der Waals surface area contributed by atoms with Crippen molar-refractivity contribution in [2.45, 2.75) is 56.6 Å². The van der Waals surface area contributed by atoms with Gasteiger partial charge in [0.2, 0.25) is 0 Å². The summed E-state index contributed by atoms with van der Waals surface area (Å²) in [5.41, 5.74) is 0.505. The van der Waals surface area contributed by atoms with Gasteiger partial charge in [-0.2, -0.15) is 0 Å². The standard InChI is InChI=1S/C19H26BrNO/c1-18(22,16-2-4-17(20)5-3-16)12-21-19-9-13-6-14(10-19)8-15(7-13)11-19/h2-5,13-15,21-22H,6-12H2,1H3/t13?,14?,15?,18-,19?/m0/s1. The summed E-state index contributed by atoms with van der Waals surface area (Å²) in [7, 11) is 0. The van der Waals surface area contributed by atoms with Crippen LogP contribution in [0.3, 0.4) is 0 Å². The molecule has 4 bridgehead atoms. The first kappa shape index (κ1) is 15.2. The molecule has 3 heteroatoms. The molecule has 0 saturated heterocycles. The van der Waals surface area contributed by atoms with Gasteiger partial charge in [-0.1, -0.05) is 28.1 Å². The normalized spacial score (nSPS) is 39.0. The minimum absolute atomic E-state index is 0.314. The van der Waals surface area contributed by atoms with E-state index < -0.39 is 5.60 Å². The molecule has 4 aliphatic carbocycles. The molecule has 0 spiro atoms. The third-order valence-electron chi connectivity index (χ3n) is 6.31. The van der Waals surface area contributed by atoms with Crippen LogP contribution in [0.1, 0.15) is 51.0 Å². The fraction of sp³-hybridized carbons (Fsp3) is 0.684. The summed E-state index contributed by atoms with van der Waals surface area (Å²) in [6, 6.07) is 8.06. The summed E-state index contributed by atoms with van der Waals surface area (Å²) in [6.07, 6.45) is 8.37. The zero-order valence-corrected chi connectivity index (χ0v) is 14.9. The van der Waals surface area contributed by atoms with Gasteiger partial charge in [0.05, 0.1) is 5.60 Å². The largest absolute Gasteiger partial charge is 0.384 e. The molecule has 0 radical (unpaired) electrons. The van der Waals surface area contributed by atoms with Crippen molar-refractivity contribution >= 4 is 15.9 Å². The van der Waals surface area contributed by atoms with Gasteiger partial charge in [0.1, 0.15) is 0 Å². The predicted molar refractivity (Wildman–Crippen MR) is 92.6 cm³/mol. The van der Waals surface area contributed by atoms with E-state index in [2.05, 4.69) is 21.2 Å². The van der Waals surface area contributed by atoms with Crippen LogP contribution in [0.5, 0.6) is 0 Å². The maximum Gasteiger partial charge on any atom is 0.0992 e. The first-order valence-corrected chi connectivity index (χ1v) is 9.47. The van der Waals surface area contributed by atoms with E-state index in [-0.39, 0.29) is 0 Å². The Balaban J connectivity index is 1.46. The lowest BCUT2D eigenvalue weighted by atomic mass is 9.53. The van der Waals surface area contributed by atoms with Crippen LogP contribution in [0.25, 0.3) is 0 Å². The number of hydrogen-bond donors (Lipinski definition) is 2. The van der Waals surface area contributed by atoms with Crippen molar-refractivity contribution < 1.29 is 5.11 Å². The third-order valence-corrected chi connectivity index (χ3v) is 6.84. The van der Waals surface area contributed by atoms with E-state index in [0.29, 0.717) is 12.1 Å². The number of halogens is 1. The molecule has 5 rings (SSSR count). The van der Waals surface area contributed by atoms with Crippen LogP contribution < -0.4 is 5.32 Å². The van der Waals surface area contributed by atoms with Gasteiger partial charge in [-0.3, -0.25) is 0 Å². The Morgan fingerprint density at radius 1 is 1.09 bits per heavy atom. The van der Waals surface area contributed by atoms with Gasteiger partial charge < -0.3 is 10.4 Å². The molecule has 0 heterocycles. The average molecular weight is 364 g/mol. The highest BCUT2D eigenvalue weighted by Crippen LogP contribution is 2.55. The summed E-state index contributed by atoms with van der Waals surface area (Å²) in [5, 5.41) is 14.7. The molecule has 4 saturated carbocycles. The Labute approximate surface area is 141 Å². The van der Waals surface area contributed by atoms with Gasteiger partial charge in [0.15, 0.2) is 0 Å². The van der Waals surface area contributed by atoms with E-state index in [9.17, 15) is 5.11 Å². The van der Waals surface area contributed by atoms with Crippen LogP contribution in [-0.2, 0) is 5.60 Å². The van der Waals surface area contributed by atoms with Gasteiger partial charge in [0.25, 0.3) is 0 Å². The number of aliphatic hydroxyl groups is 1. The molecule has 0 amide bonds. The maximum atomic E-state index is 10.9. The molecule has 1 aromatic carbocycles. The summed E-state index contributed by atoms with van der Waals surface area (Å²) in [6.45, 7) is 2.59. The smallest absolute Gasteiger partial charge is 0.0992 e. The molecule has 120 valence electrons. The molecule has 2 N–H and O–H groups in total. The van der Waals surface area contributed by atoms with Crippen molar-refractivity contribution in [1.29, 1.82) is 0 Å². The van der Waals surface area contributed by atoms with Crippen LogP contribution in [-0.4, -0.2) is 17.2 Å². The van der Waals surface area contributed by atoms with Crippen molar-refractivity contribution in [3.05, 3.63) is 34.3 Å². The summed E-state index contributed by atoms with van der Waals surface area (Å²) in [4.78, 5) is 0. The number of hydrogen-bond acceptors (Lipinski definition) is 2. The molecule has 2 nitrogen and oxygen atoms in total. The summed E-state index contributed by atoms with van der Waals surface area (Å²) < 4.78 is 1.06. The highest BCUT2D eigenvalue weighted by Gasteiger charge is 2.51. The minimum Gasteiger partial charge on any atom is -0.384 e. The first-order valence-electron chi connectivity index (χ1n) is 8.68. The molecular formula is C19H26BrNO. The fourth-order valence-electron chi connectivity index (χ4n) is 5.60. The number of rotatable bonds is 4. The van der Waals surface area contributed by atoms with Gasteiger partial charge in [-0.05, 0) is 80.9 Å². The lowest BCUT2D eigenvalue weighted by Gasteiger charge is -2.57. The van der Waals surface area contributed by atoms with Crippen LogP contribution in [0.2, 0.25) is 0 Å². The Hall–Kier alpha value is -0.380. The molecular weight excluding hydrogens is 338 g/mol. The van der Waals surface area contributed by atoms with E-state index in [1.807, 2.05) is 31.2 Å². The van der Waals surface area contributed by atoms with Crippen LogP contribution in [0, 0.1) is 17.8 Å². The minimum atomic E-state index is -0.802. The monoisotopic (exact) mass is 363 g/mol. The molecule has 22 heavy (non-hydrogen) atoms. The zero-order valence-electron chi connectivity index (χ0n) is 13.3. The Bertz CT molecular complexity index is 516. The van der Waals surface area contributed by atoms with Gasteiger partial charge in [-0.15, -0.1) is 0 Å². The Kier molecular flexibility index (Phi) is 3.67. The SMILES string of the molecule is C[C@](O)(CNC12CC3CC(CC(C3)C1)C2)c1ccc(Br)cc1. The molecule has 1 aromatic rings. The number of nitrogens with one attached hydrogen (secondary N) is 1.